The van der Waals surface area contributed by atoms with Gasteiger partial charge < -0.3 is 4.90 Å². The van der Waals surface area contributed by atoms with Crippen molar-refractivity contribution in [2.24, 2.45) is 5.92 Å². The predicted octanol–water partition coefficient (Wildman–Crippen LogP) is 0.378. The average molecular weight is 138 g/mol. The number of carbonyl (C=O) groups excluding carboxylic acids is 1. The number of hydrogen-bond acceptors (Lipinski definition) is 2. The van der Waals surface area contributed by atoms with Crippen molar-refractivity contribution in [2.75, 3.05) is 13.1 Å². The second kappa shape index (κ2) is 2.70. The number of likely N-dealkylation sites (tertiary alicyclic amines) is 1. The van der Waals surface area contributed by atoms with E-state index in [1.165, 1.54) is 0 Å². The smallest absolute Gasteiger partial charge is 0.239 e. The van der Waals surface area contributed by atoms with Crippen LogP contribution in [0.25, 0.3) is 0 Å². The lowest BCUT2D eigenvalue weighted by Crippen LogP contribution is -2.26. The Morgan fingerprint density at radius 2 is 2.60 bits per heavy atom. The standard InChI is InChI=1S/C7H10N2O/c1-2-9-4-3-6(5-8)7(9)10/h6H,2-4H2,1H3. The predicted molar refractivity (Wildman–Crippen MR) is 36.0 cm³/mol. The number of amides is 1. The summed E-state index contributed by atoms with van der Waals surface area (Å²) in [5.74, 6) is -0.357. The van der Waals surface area contributed by atoms with Gasteiger partial charge in [-0.1, -0.05) is 0 Å². The van der Waals surface area contributed by atoms with Gasteiger partial charge in [-0.3, -0.25) is 4.79 Å². The minimum absolute atomic E-state index is 0.00463. The van der Waals surface area contributed by atoms with Crippen LogP contribution in [0, 0.1) is 17.2 Å². The highest BCUT2D eigenvalue weighted by atomic mass is 16.2. The first-order valence-corrected chi connectivity index (χ1v) is 3.48. The van der Waals surface area contributed by atoms with Crippen LogP contribution in [-0.4, -0.2) is 23.9 Å². The SMILES string of the molecule is CCN1CCC(C#N)C1=O. The molecule has 3 nitrogen and oxygen atoms in total. The van der Waals surface area contributed by atoms with Crippen LogP contribution in [0.4, 0.5) is 0 Å². The first kappa shape index (κ1) is 7.07. The van der Waals surface area contributed by atoms with E-state index >= 15 is 0 Å². The fraction of sp³-hybridized carbons (Fsp3) is 0.714. The Morgan fingerprint density at radius 3 is 2.90 bits per heavy atom. The van der Waals surface area contributed by atoms with E-state index in [4.69, 9.17) is 5.26 Å². The van der Waals surface area contributed by atoms with E-state index in [1.807, 2.05) is 13.0 Å². The zero-order valence-electron chi connectivity index (χ0n) is 6.00. The molecule has 0 aromatic rings. The molecule has 54 valence electrons. The third-order valence-corrected chi connectivity index (χ3v) is 1.84. The van der Waals surface area contributed by atoms with E-state index in [9.17, 15) is 4.79 Å². The first-order chi connectivity index (χ1) is 4.79. The summed E-state index contributed by atoms with van der Waals surface area (Å²) in [7, 11) is 0. The van der Waals surface area contributed by atoms with Crippen molar-refractivity contribution in [3.05, 3.63) is 0 Å². The molecule has 1 rings (SSSR count). The second-order valence-corrected chi connectivity index (χ2v) is 2.39. The Labute approximate surface area is 60.2 Å². The van der Waals surface area contributed by atoms with Crippen molar-refractivity contribution in [3.63, 3.8) is 0 Å². The van der Waals surface area contributed by atoms with Gasteiger partial charge >= 0.3 is 0 Å². The minimum Gasteiger partial charge on any atom is -0.342 e. The lowest BCUT2D eigenvalue weighted by atomic mass is 10.1. The quantitative estimate of drug-likeness (QED) is 0.525. The third-order valence-electron chi connectivity index (χ3n) is 1.84. The van der Waals surface area contributed by atoms with Crippen molar-refractivity contribution in [3.8, 4) is 6.07 Å². The number of nitriles is 1. The number of hydrogen-bond donors (Lipinski definition) is 0. The van der Waals surface area contributed by atoms with Crippen LogP contribution in [0.5, 0.6) is 0 Å². The van der Waals surface area contributed by atoms with E-state index in [-0.39, 0.29) is 11.8 Å². The van der Waals surface area contributed by atoms with E-state index in [0.29, 0.717) is 6.42 Å². The van der Waals surface area contributed by atoms with Gasteiger partial charge in [0.15, 0.2) is 0 Å². The Hall–Kier alpha value is -1.04. The largest absolute Gasteiger partial charge is 0.342 e. The van der Waals surface area contributed by atoms with Crippen LogP contribution < -0.4 is 0 Å². The summed E-state index contributed by atoms with van der Waals surface area (Å²) < 4.78 is 0. The topological polar surface area (TPSA) is 44.1 Å². The molecule has 0 aromatic heterocycles. The molecule has 0 radical (unpaired) electrons. The summed E-state index contributed by atoms with van der Waals surface area (Å²) in [5.41, 5.74) is 0. The Balaban J connectivity index is 2.60. The molecule has 0 aliphatic carbocycles. The van der Waals surface area contributed by atoms with Gasteiger partial charge in [0, 0.05) is 13.1 Å². The molecule has 1 unspecified atom stereocenters. The fourth-order valence-corrected chi connectivity index (χ4v) is 1.17. The highest BCUT2D eigenvalue weighted by Crippen LogP contribution is 2.15. The van der Waals surface area contributed by atoms with Crippen molar-refractivity contribution in [1.82, 2.24) is 4.90 Å². The van der Waals surface area contributed by atoms with Crippen LogP contribution in [0.2, 0.25) is 0 Å². The van der Waals surface area contributed by atoms with Crippen molar-refractivity contribution < 1.29 is 4.79 Å². The number of nitrogens with zero attached hydrogens (tertiary/aromatic N) is 2. The molecule has 1 aliphatic rings. The van der Waals surface area contributed by atoms with E-state index in [0.717, 1.165) is 13.1 Å². The second-order valence-electron chi connectivity index (χ2n) is 2.39. The normalized spacial score (nSPS) is 25.0. The first-order valence-electron chi connectivity index (χ1n) is 3.48. The summed E-state index contributed by atoms with van der Waals surface area (Å²) in [6.07, 6.45) is 0.711. The van der Waals surface area contributed by atoms with Crippen molar-refractivity contribution in [2.45, 2.75) is 13.3 Å². The molecular weight excluding hydrogens is 128 g/mol. The molecule has 1 saturated heterocycles. The monoisotopic (exact) mass is 138 g/mol. The van der Waals surface area contributed by atoms with Gasteiger partial charge in [-0.15, -0.1) is 0 Å². The van der Waals surface area contributed by atoms with Gasteiger partial charge in [0.25, 0.3) is 0 Å². The molecule has 0 N–H and O–H groups in total. The van der Waals surface area contributed by atoms with Crippen molar-refractivity contribution >= 4 is 5.91 Å². The summed E-state index contributed by atoms with van der Waals surface area (Å²) in [6.45, 7) is 3.42. The molecule has 0 bridgehead atoms. The summed E-state index contributed by atoms with van der Waals surface area (Å²) in [6, 6.07) is 1.99. The highest BCUT2D eigenvalue weighted by Gasteiger charge is 2.29. The van der Waals surface area contributed by atoms with E-state index in [1.54, 1.807) is 4.90 Å². The van der Waals surface area contributed by atoms with Crippen LogP contribution >= 0.6 is 0 Å². The molecule has 1 fully saturated rings. The molecule has 0 aromatic carbocycles. The minimum atomic E-state index is -0.361. The van der Waals surface area contributed by atoms with Crippen LogP contribution in [0.1, 0.15) is 13.3 Å². The summed E-state index contributed by atoms with van der Waals surface area (Å²) in [4.78, 5) is 12.8. The lowest BCUT2D eigenvalue weighted by molar-refractivity contribution is -0.129. The van der Waals surface area contributed by atoms with Crippen LogP contribution in [0.15, 0.2) is 0 Å². The van der Waals surface area contributed by atoms with Gasteiger partial charge in [0.2, 0.25) is 5.91 Å². The van der Waals surface area contributed by atoms with Gasteiger partial charge in [0.05, 0.1) is 6.07 Å². The lowest BCUT2D eigenvalue weighted by Gasteiger charge is -2.10. The van der Waals surface area contributed by atoms with Crippen LogP contribution in [0.3, 0.4) is 0 Å². The van der Waals surface area contributed by atoms with Gasteiger partial charge in [-0.2, -0.15) is 5.26 Å². The Morgan fingerprint density at radius 1 is 1.90 bits per heavy atom. The Bertz CT molecular complexity index is 183. The van der Waals surface area contributed by atoms with Gasteiger partial charge in [-0.25, -0.2) is 0 Å². The summed E-state index contributed by atoms with van der Waals surface area (Å²) in [5, 5.41) is 8.45. The number of carbonyl (C=O) groups is 1. The van der Waals surface area contributed by atoms with Gasteiger partial charge in [0.1, 0.15) is 5.92 Å². The fourth-order valence-electron chi connectivity index (χ4n) is 1.17. The maximum Gasteiger partial charge on any atom is 0.239 e. The molecule has 1 aliphatic heterocycles. The molecule has 1 heterocycles. The summed E-state index contributed by atoms with van der Waals surface area (Å²) >= 11 is 0. The van der Waals surface area contributed by atoms with Crippen LogP contribution in [-0.2, 0) is 4.79 Å². The maximum absolute atomic E-state index is 11.1. The third kappa shape index (κ3) is 0.971. The molecule has 1 amide bonds. The number of rotatable bonds is 1. The van der Waals surface area contributed by atoms with E-state index in [2.05, 4.69) is 0 Å². The van der Waals surface area contributed by atoms with E-state index < -0.39 is 0 Å². The van der Waals surface area contributed by atoms with Gasteiger partial charge in [-0.05, 0) is 13.3 Å². The molecule has 3 heteroatoms. The average Bonchev–Trinajstić information content (AvgIpc) is 2.30. The molecule has 10 heavy (non-hydrogen) atoms. The zero-order valence-corrected chi connectivity index (χ0v) is 6.00. The zero-order chi connectivity index (χ0) is 7.56. The molecule has 0 spiro atoms. The molecular formula is C7H10N2O. The molecule has 0 saturated carbocycles. The molecule has 1 atom stereocenters. The Kier molecular flexibility index (Phi) is 1.91. The highest BCUT2D eigenvalue weighted by molar-refractivity contribution is 5.83. The van der Waals surface area contributed by atoms with Crippen molar-refractivity contribution in [1.29, 1.82) is 5.26 Å². The maximum atomic E-state index is 11.1.